The predicted molar refractivity (Wildman–Crippen MR) is 77.7 cm³/mol. The molecule has 113 valence electrons. The number of allylic oxidation sites excluding steroid dienone is 1. The molecule has 1 radical (unpaired) electrons. The summed E-state index contributed by atoms with van der Waals surface area (Å²) in [6, 6.07) is 6.52. The van der Waals surface area contributed by atoms with E-state index in [2.05, 4.69) is 10.0 Å². The molecule has 1 N–H and O–H groups in total. The van der Waals surface area contributed by atoms with Crippen LogP contribution >= 0.6 is 0 Å². The van der Waals surface area contributed by atoms with E-state index in [9.17, 15) is 9.90 Å². The minimum Gasteiger partial charge on any atom is -0.508 e. The molecule has 6 nitrogen and oxygen atoms in total. The van der Waals surface area contributed by atoms with Gasteiger partial charge < -0.3 is 9.84 Å². The molecule has 0 aromatic heterocycles. The van der Waals surface area contributed by atoms with Crippen molar-refractivity contribution < 1.29 is 58.7 Å². The number of carbonyl (C=O) groups excluding carboxylic acids is 1. The van der Waals surface area contributed by atoms with E-state index < -0.39 is 5.97 Å². The van der Waals surface area contributed by atoms with E-state index in [1.807, 2.05) is 13.0 Å². The van der Waals surface area contributed by atoms with Gasteiger partial charge in [0.25, 0.3) is 0 Å². The van der Waals surface area contributed by atoms with Crippen molar-refractivity contribution in [1.29, 1.82) is 0 Å². The molecule has 1 aromatic carbocycles. The number of hydrogen-bond acceptors (Lipinski definition) is 4. The molecule has 0 saturated carbocycles. The number of esters is 1. The monoisotopic (exact) mass is 514 g/mol. The summed E-state index contributed by atoms with van der Waals surface area (Å²) in [7, 11) is 1.33. The number of phenolic OH excluding ortho intramolecular Hbond substituents is 1. The Labute approximate surface area is 164 Å². The van der Waals surface area contributed by atoms with E-state index in [0.717, 1.165) is 5.56 Å². The standard InChI is InChI=1S/C15H17N3O3.Ac/c1-9-13(10-3-5-12(19)6-4-10)7-11(15(20)21-2)8-14(9)17-18-16;/h3-7,9,13-14,19H,8H2,1-2H3;/t9-,13+,14?;/m0./s1. The zero-order valence-corrected chi connectivity index (χ0v) is 17.3. The largest absolute Gasteiger partial charge is 0.508 e. The van der Waals surface area contributed by atoms with Crippen LogP contribution in [0, 0.1) is 50.0 Å². The number of hydrogen-bond donors (Lipinski definition) is 1. The van der Waals surface area contributed by atoms with Gasteiger partial charge in [0.1, 0.15) is 5.75 Å². The molecule has 0 fully saturated rings. The smallest absolute Gasteiger partial charge is 0.333 e. The predicted octanol–water partition coefficient (Wildman–Crippen LogP) is 3.29. The van der Waals surface area contributed by atoms with E-state index in [4.69, 9.17) is 10.3 Å². The van der Waals surface area contributed by atoms with Crippen LogP contribution in [0.3, 0.4) is 0 Å². The first-order valence-electron chi connectivity index (χ1n) is 6.69. The molecule has 0 aliphatic heterocycles. The van der Waals surface area contributed by atoms with Crippen LogP contribution in [-0.4, -0.2) is 24.2 Å². The molecule has 22 heavy (non-hydrogen) atoms. The molecule has 2 rings (SSSR count). The summed E-state index contributed by atoms with van der Waals surface area (Å²) in [5, 5.41) is 13.2. The first-order valence-corrected chi connectivity index (χ1v) is 6.69. The molecule has 0 amide bonds. The Bertz CT molecular complexity index is 609. The summed E-state index contributed by atoms with van der Waals surface area (Å²) < 4.78 is 4.77. The number of carbonyl (C=O) groups is 1. The van der Waals surface area contributed by atoms with Crippen LogP contribution in [0.15, 0.2) is 41.0 Å². The second-order valence-corrected chi connectivity index (χ2v) is 5.14. The summed E-state index contributed by atoms with van der Waals surface area (Å²) >= 11 is 0. The second-order valence-electron chi connectivity index (χ2n) is 5.14. The van der Waals surface area contributed by atoms with E-state index in [1.165, 1.54) is 7.11 Å². The van der Waals surface area contributed by atoms with Crippen molar-refractivity contribution in [2.24, 2.45) is 11.0 Å². The van der Waals surface area contributed by atoms with Gasteiger partial charge in [-0.25, -0.2) is 4.79 Å². The number of azide groups is 1. The van der Waals surface area contributed by atoms with Gasteiger partial charge in [0.05, 0.1) is 7.11 Å². The van der Waals surface area contributed by atoms with Gasteiger partial charge in [-0.1, -0.05) is 30.2 Å². The zero-order valence-electron chi connectivity index (χ0n) is 12.5. The van der Waals surface area contributed by atoms with Crippen molar-refractivity contribution in [2.75, 3.05) is 7.11 Å². The number of aromatic hydroxyl groups is 1. The first-order chi connectivity index (χ1) is 10.1. The van der Waals surface area contributed by atoms with E-state index in [1.54, 1.807) is 24.3 Å². The van der Waals surface area contributed by atoms with Crippen molar-refractivity contribution in [2.45, 2.75) is 25.3 Å². The molecule has 0 spiro atoms. The molecule has 7 heteroatoms. The van der Waals surface area contributed by atoms with Crippen LogP contribution < -0.4 is 0 Å². The Morgan fingerprint density at radius 3 is 2.59 bits per heavy atom. The van der Waals surface area contributed by atoms with Crippen molar-refractivity contribution in [3.05, 3.63) is 51.9 Å². The second kappa shape index (κ2) is 8.57. The average Bonchev–Trinajstić information content (AvgIpc) is 2.49. The van der Waals surface area contributed by atoms with Gasteiger partial charge in [-0.3, -0.25) is 0 Å². The van der Waals surface area contributed by atoms with Crippen molar-refractivity contribution in [3.8, 4) is 5.75 Å². The topological polar surface area (TPSA) is 95.3 Å². The van der Waals surface area contributed by atoms with Crippen LogP contribution in [0.2, 0.25) is 0 Å². The van der Waals surface area contributed by atoms with Gasteiger partial charge in [-0.2, -0.15) is 0 Å². The van der Waals surface area contributed by atoms with Crippen LogP contribution in [0.25, 0.3) is 10.4 Å². The molecule has 0 bridgehead atoms. The Kier molecular flexibility index (Phi) is 7.41. The first kappa shape index (κ1) is 19.0. The fourth-order valence-corrected chi connectivity index (χ4v) is 2.68. The van der Waals surface area contributed by atoms with Gasteiger partial charge in [0.15, 0.2) is 0 Å². The minimum atomic E-state index is -0.399. The molecule has 1 aliphatic carbocycles. The fraction of sp³-hybridized carbons (Fsp3) is 0.400. The Morgan fingerprint density at radius 2 is 2.05 bits per heavy atom. The molecule has 0 heterocycles. The molecule has 3 atom stereocenters. The van der Waals surface area contributed by atoms with Crippen molar-refractivity contribution in [1.82, 2.24) is 0 Å². The third kappa shape index (κ3) is 4.25. The van der Waals surface area contributed by atoms with Gasteiger partial charge in [0.2, 0.25) is 0 Å². The summed E-state index contributed by atoms with van der Waals surface area (Å²) in [5.74, 6) is -0.224. The molecule has 1 unspecified atom stereocenters. The van der Waals surface area contributed by atoms with Gasteiger partial charge in [0, 0.05) is 66.5 Å². The van der Waals surface area contributed by atoms with Gasteiger partial charge in [-0.05, 0) is 35.6 Å². The van der Waals surface area contributed by atoms with E-state index >= 15 is 0 Å². The number of methoxy groups -OCH3 is 1. The minimum absolute atomic E-state index is 0. The number of nitrogens with zero attached hydrogens (tertiary/aromatic N) is 3. The maximum absolute atomic E-state index is 11.8. The summed E-state index contributed by atoms with van der Waals surface area (Å²) in [5.41, 5.74) is 10.2. The SMILES string of the molecule is COC(=O)C1=C[C@@H](c2ccc(O)cc2)[C@H](C)C(N=[N+]=[N-])C1.[Ac]. The zero-order chi connectivity index (χ0) is 15.4. The number of ether oxygens (including phenoxy) is 1. The maximum Gasteiger partial charge on any atom is 0.333 e. The number of rotatable bonds is 3. The Morgan fingerprint density at radius 1 is 1.41 bits per heavy atom. The quantitative estimate of drug-likeness (QED) is 0.290. The molecule has 0 saturated heterocycles. The third-order valence-electron chi connectivity index (χ3n) is 3.91. The Hall–Kier alpha value is -1.02. The van der Waals surface area contributed by atoms with Gasteiger partial charge >= 0.3 is 5.97 Å². The summed E-state index contributed by atoms with van der Waals surface area (Å²) in [6.45, 7) is 1.99. The molecular weight excluding hydrogens is 497 g/mol. The van der Waals surface area contributed by atoms with Crippen molar-refractivity contribution >= 4 is 5.97 Å². The third-order valence-corrected chi connectivity index (χ3v) is 3.91. The number of benzene rings is 1. The van der Waals surface area contributed by atoms with Crippen LogP contribution in [-0.2, 0) is 9.53 Å². The summed E-state index contributed by atoms with van der Waals surface area (Å²) in [4.78, 5) is 14.7. The van der Waals surface area contributed by atoms with Crippen LogP contribution in [0.4, 0.5) is 0 Å². The maximum atomic E-state index is 11.8. The van der Waals surface area contributed by atoms with E-state index in [0.29, 0.717) is 12.0 Å². The van der Waals surface area contributed by atoms with Crippen molar-refractivity contribution in [3.63, 3.8) is 0 Å². The molecular formula is C15H17AcN3O3. The number of phenols is 1. The summed E-state index contributed by atoms with van der Waals surface area (Å²) in [6.07, 6.45) is 2.25. The van der Waals surface area contributed by atoms with Crippen LogP contribution in [0.1, 0.15) is 24.8 Å². The van der Waals surface area contributed by atoms with E-state index in [-0.39, 0.29) is 67.7 Å². The fourth-order valence-electron chi connectivity index (χ4n) is 2.68. The Balaban J connectivity index is 0.00000242. The normalized spacial score (nSPS) is 23.5. The molecule has 1 aliphatic rings. The molecule has 1 aromatic rings. The van der Waals surface area contributed by atoms with Crippen LogP contribution in [0.5, 0.6) is 5.75 Å². The average molecular weight is 514 g/mol. The van der Waals surface area contributed by atoms with Gasteiger partial charge in [-0.15, -0.1) is 0 Å².